The number of fused-ring (bicyclic) bond motifs is 1. The zero-order chi connectivity index (χ0) is 17.8. The summed E-state index contributed by atoms with van der Waals surface area (Å²) in [4.78, 5) is 14.2. The number of hydrogen-bond acceptors (Lipinski definition) is 5. The first-order valence-corrected chi connectivity index (χ1v) is 8.34. The van der Waals surface area contributed by atoms with E-state index in [4.69, 9.17) is 14.0 Å². The number of aromatic nitrogens is 1. The van der Waals surface area contributed by atoms with Gasteiger partial charge < -0.3 is 18.9 Å². The van der Waals surface area contributed by atoms with Crippen molar-refractivity contribution in [2.45, 2.75) is 26.8 Å². The Morgan fingerprint density at radius 3 is 2.92 bits per heavy atom. The molecule has 0 saturated carbocycles. The second kappa shape index (κ2) is 7.42. The molecule has 3 rings (SSSR count). The summed E-state index contributed by atoms with van der Waals surface area (Å²) >= 11 is 0. The predicted molar refractivity (Wildman–Crippen MR) is 93.4 cm³/mol. The van der Waals surface area contributed by atoms with Gasteiger partial charge in [-0.05, 0) is 31.6 Å². The van der Waals surface area contributed by atoms with Gasteiger partial charge in [0.15, 0.2) is 0 Å². The number of amides is 1. The van der Waals surface area contributed by atoms with Gasteiger partial charge in [0.2, 0.25) is 0 Å². The minimum absolute atomic E-state index is 0.0855. The van der Waals surface area contributed by atoms with E-state index < -0.39 is 0 Å². The number of carbonyl (C=O) groups excluding carboxylic acids is 1. The van der Waals surface area contributed by atoms with E-state index in [1.165, 1.54) is 0 Å². The number of aryl methyl sites for hydroxylation is 1. The maximum atomic E-state index is 12.6. The topological polar surface area (TPSA) is 64.8 Å². The van der Waals surface area contributed by atoms with E-state index in [9.17, 15) is 4.79 Å². The van der Waals surface area contributed by atoms with Crippen LogP contribution in [0, 0.1) is 6.92 Å². The van der Waals surface area contributed by atoms with E-state index in [-0.39, 0.29) is 12.5 Å². The zero-order valence-corrected chi connectivity index (χ0v) is 14.7. The molecule has 0 atom stereocenters. The molecule has 0 fully saturated rings. The maximum absolute atomic E-state index is 12.6. The molecular formula is C19H22N2O4. The molecule has 0 radical (unpaired) electrons. The summed E-state index contributed by atoms with van der Waals surface area (Å²) in [6.45, 7) is 5.19. The number of hydrogen-bond donors (Lipinski definition) is 0. The van der Waals surface area contributed by atoms with Gasteiger partial charge in [0.25, 0.3) is 5.91 Å². The molecule has 1 aliphatic heterocycles. The lowest BCUT2D eigenvalue weighted by Gasteiger charge is -2.22. The molecule has 132 valence electrons. The van der Waals surface area contributed by atoms with Gasteiger partial charge in [-0.1, -0.05) is 12.1 Å². The lowest BCUT2D eigenvalue weighted by Crippen LogP contribution is -2.30. The van der Waals surface area contributed by atoms with Crippen molar-refractivity contribution in [3.63, 3.8) is 0 Å². The summed E-state index contributed by atoms with van der Waals surface area (Å²) in [5.41, 5.74) is 2.21. The third-order valence-electron chi connectivity index (χ3n) is 3.87. The molecule has 6 nitrogen and oxygen atoms in total. The number of benzene rings is 1. The van der Waals surface area contributed by atoms with E-state index in [0.29, 0.717) is 18.7 Å². The summed E-state index contributed by atoms with van der Waals surface area (Å²) in [7, 11) is 1.74. The van der Waals surface area contributed by atoms with Gasteiger partial charge in [0.05, 0.1) is 18.7 Å². The highest BCUT2D eigenvalue weighted by Gasteiger charge is 2.21. The highest BCUT2D eigenvalue weighted by Crippen LogP contribution is 2.31. The van der Waals surface area contributed by atoms with Gasteiger partial charge >= 0.3 is 0 Å². The van der Waals surface area contributed by atoms with Crippen LogP contribution in [0.2, 0.25) is 0 Å². The average molecular weight is 342 g/mol. The molecule has 2 heterocycles. The highest BCUT2D eigenvalue weighted by molar-refractivity contribution is 5.99. The van der Waals surface area contributed by atoms with Crippen LogP contribution in [0.25, 0.3) is 6.08 Å². The summed E-state index contributed by atoms with van der Waals surface area (Å²) < 4.78 is 16.4. The summed E-state index contributed by atoms with van der Waals surface area (Å²) in [6.07, 6.45) is 2.82. The zero-order valence-electron chi connectivity index (χ0n) is 14.7. The van der Waals surface area contributed by atoms with Gasteiger partial charge in [-0.15, -0.1) is 0 Å². The van der Waals surface area contributed by atoms with Crippen molar-refractivity contribution >= 4 is 12.0 Å². The van der Waals surface area contributed by atoms with Crippen molar-refractivity contribution in [2.24, 2.45) is 0 Å². The molecule has 2 aromatic rings. The molecule has 0 N–H and O–H groups in total. The fourth-order valence-corrected chi connectivity index (χ4v) is 2.63. The molecule has 1 aliphatic rings. The lowest BCUT2D eigenvalue weighted by molar-refractivity contribution is -0.126. The fraction of sp³-hybridized carbons (Fsp3) is 0.368. The van der Waals surface area contributed by atoms with Crippen molar-refractivity contribution in [1.82, 2.24) is 10.1 Å². The number of ether oxygens (including phenoxy) is 2. The van der Waals surface area contributed by atoms with Gasteiger partial charge in [-0.3, -0.25) is 4.79 Å². The van der Waals surface area contributed by atoms with Crippen LogP contribution in [-0.4, -0.2) is 36.2 Å². The number of rotatable bonds is 6. The average Bonchev–Trinajstić information content (AvgIpc) is 3.03. The highest BCUT2D eigenvalue weighted by atomic mass is 16.5. The normalized spacial score (nSPS) is 12.8. The Labute approximate surface area is 147 Å². The van der Waals surface area contributed by atoms with Gasteiger partial charge in [0.1, 0.15) is 29.6 Å². The lowest BCUT2D eigenvalue weighted by atomic mass is 10.1. The maximum Gasteiger partial charge on any atom is 0.253 e. The Hall–Kier alpha value is -2.76. The van der Waals surface area contributed by atoms with Crippen LogP contribution >= 0.6 is 0 Å². The van der Waals surface area contributed by atoms with Crippen molar-refractivity contribution in [3.8, 4) is 11.5 Å². The molecule has 1 amide bonds. The van der Waals surface area contributed by atoms with E-state index in [1.54, 1.807) is 11.9 Å². The molecule has 0 bridgehead atoms. The monoisotopic (exact) mass is 342 g/mol. The minimum Gasteiger partial charge on any atom is -0.493 e. The number of carbonyl (C=O) groups is 1. The Balaban J connectivity index is 1.70. The minimum atomic E-state index is -0.0855. The first-order chi connectivity index (χ1) is 12.1. The first-order valence-electron chi connectivity index (χ1n) is 8.34. The van der Waals surface area contributed by atoms with E-state index >= 15 is 0 Å². The van der Waals surface area contributed by atoms with Crippen LogP contribution in [0.5, 0.6) is 11.5 Å². The van der Waals surface area contributed by atoms with Crippen LogP contribution in [0.4, 0.5) is 0 Å². The largest absolute Gasteiger partial charge is 0.493 e. The molecule has 0 aliphatic carbocycles. The van der Waals surface area contributed by atoms with Crippen molar-refractivity contribution in [3.05, 3.63) is 46.9 Å². The third kappa shape index (κ3) is 4.02. The summed E-state index contributed by atoms with van der Waals surface area (Å²) in [5, 5.41) is 3.92. The molecule has 1 aromatic carbocycles. The molecule has 1 aromatic heterocycles. The quantitative estimate of drug-likeness (QED) is 0.806. The van der Waals surface area contributed by atoms with Crippen molar-refractivity contribution < 1.29 is 18.8 Å². The molecule has 0 spiro atoms. The predicted octanol–water partition coefficient (Wildman–Crippen LogP) is 3.21. The molecule has 6 heteroatoms. The Morgan fingerprint density at radius 2 is 2.20 bits per heavy atom. The number of nitrogens with zero attached hydrogens (tertiary/aromatic N) is 2. The van der Waals surface area contributed by atoms with Crippen LogP contribution in [0.3, 0.4) is 0 Å². The van der Waals surface area contributed by atoms with Gasteiger partial charge in [-0.2, -0.15) is 0 Å². The van der Waals surface area contributed by atoms with Crippen molar-refractivity contribution in [1.29, 1.82) is 0 Å². The van der Waals surface area contributed by atoms with E-state index in [2.05, 4.69) is 12.1 Å². The van der Waals surface area contributed by atoms with Gasteiger partial charge in [-0.25, -0.2) is 0 Å². The number of likely N-dealkylation sites (N-methyl/N-ethyl adjacent to an activating group) is 1. The molecular weight excluding hydrogens is 320 g/mol. The SMILES string of the molecule is CCCOc1ccc2c(c1)OCC(C(=O)N(C)Cc1cc(C)on1)=C2. The fourth-order valence-electron chi connectivity index (χ4n) is 2.63. The second-order valence-electron chi connectivity index (χ2n) is 6.10. The standard InChI is InChI=1S/C19H22N2O4/c1-4-7-23-17-6-5-14-9-15(12-24-18(14)10-17)19(22)21(3)11-16-8-13(2)25-20-16/h5-6,8-10H,4,7,11-12H2,1-3H3. The van der Waals surface area contributed by atoms with E-state index in [1.807, 2.05) is 37.3 Å². The van der Waals surface area contributed by atoms with Crippen LogP contribution in [0.1, 0.15) is 30.4 Å². The Bertz CT molecular complexity index is 794. The molecule has 0 saturated heterocycles. The smallest absolute Gasteiger partial charge is 0.253 e. The van der Waals surface area contributed by atoms with Crippen molar-refractivity contribution in [2.75, 3.05) is 20.3 Å². The molecule has 25 heavy (non-hydrogen) atoms. The van der Waals surface area contributed by atoms with Gasteiger partial charge in [0, 0.05) is 24.7 Å². The Morgan fingerprint density at radius 1 is 1.36 bits per heavy atom. The molecule has 0 unspecified atom stereocenters. The van der Waals surface area contributed by atoms with Crippen LogP contribution in [0.15, 0.2) is 34.4 Å². The van der Waals surface area contributed by atoms with E-state index in [0.717, 1.165) is 34.9 Å². The second-order valence-corrected chi connectivity index (χ2v) is 6.10. The van der Waals surface area contributed by atoms with Crippen LogP contribution in [-0.2, 0) is 11.3 Å². The summed E-state index contributed by atoms with van der Waals surface area (Å²) in [5.74, 6) is 2.16. The van der Waals surface area contributed by atoms with Crippen LogP contribution < -0.4 is 9.47 Å². The summed E-state index contributed by atoms with van der Waals surface area (Å²) in [6, 6.07) is 7.49. The Kier molecular flexibility index (Phi) is 5.07. The first kappa shape index (κ1) is 17.1. The third-order valence-corrected chi connectivity index (χ3v) is 3.87.